The molecule has 2 aromatic heterocycles. The average molecular weight is 321 g/mol. The summed E-state index contributed by atoms with van der Waals surface area (Å²) in [6.45, 7) is 3.81. The summed E-state index contributed by atoms with van der Waals surface area (Å²) in [5.74, 6) is 1.23. The number of nitrogens with zero attached hydrogens (tertiary/aromatic N) is 4. The van der Waals surface area contributed by atoms with Crippen molar-refractivity contribution in [2.45, 2.75) is 24.3 Å². The minimum atomic E-state index is 0.0199. The van der Waals surface area contributed by atoms with Crippen molar-refractivity contribution in [1.82, 2.24) is 19.7 Å². The highest BCUT2D eigenvalue weighted by molar-refractivity contribution is 7.99. The molecule has 3 rings (SSSR count). The van der Waals surface area contributed by atoms with E-state index >= 15 is 0 Å². The average Bonchev–Trinajstić information content (AvgIpc) is 3.08. The Balaban J connectivity index is 1.86. The number of aromatic nitrogens is 4. The zero-order valence-corrected chi connectivity index (χ0v) is 13.1. The Morgan fingerprint density at radius 1 is 1.38 bits per heavy atom. The van der Waals surface area contributed by atoms with E-state index in [-0.39, 0.29) is 5.25 Å². The molecule has 0 aliphatic rings. The van der Waals surface area contributed by atoms with Gasteiger partial charge in [0.25, 0.3) is 0 Å². The Labute approximate surface area is 131 Å². The smallest absolute Gasteiger partial charge is 0.239 e. The van der Waals surface area contributed by atoms with Gasteiger partial charge in [-0.1, -0.05) is 34.6 Å². The molecule has 7 heteroatoms. The van der Waals surface area contributed by atoms with Crippen LogP contribution in [0.25, 0.3) is 5.69 Å². The topological polar surface area (TPSA) is 56.7 Å². The van der Waals surface area contributed by atoms with Gasteiger partial charge in [-0.05, 0) is 32.0 Å². The van der Waals surface area contributed by atoms with Crippen LogP contribution < -0.4 is 0 Å². The molecule has 1 aromatic carbocycles. The Bertz CT molecular complexity index is 755. The Morgan fingerprint density at radius 3 is 2.95 bits per heavy atom. The number of hydrogen-bond acceptors (Lipinski definition) is 5. The van der Waals surface area contributed by atoms with Crippen molar-refractivity contribution in [3.8, 4) is 5.69 Å². The molecule has 0 amide bonds. The number of rotatable bonds is 4. The third-order valence-electron chi connectivity index (χ3n) is 2.87. The quantitative estimate of drug-likeness (QED) is 0.678. The molecule has 0 N–H and O–H groups in total. The van der Waals surface area contributed by atoms with Crippen molar-refractivity contribution < 1.29 is 4.52 Å². The molecule has 1 atom stereocenters. The minimum absolute atomic E-state index is 0.0199. The van der Waals surface area contributed by atoms with Gasteiger partial charge in [0.2, 0.25) is 5.89 Å². The van der Waals surface area contributed by atoms with Gasteiger partial charge in [-0.3, -0.25) is 4.57 Å². The van der Waals surface area contributed by atoms with Crippen LogP contribution in [-0.2, 0) is 0 Å². The van der Waals surface area contributed by atoms with Gasteiger partial charge >= 0.3 is 0 Å². The van der Waals surface area contributed by atoms with E-state index in [1.807, 2.05) is 42.0 Å². The van der Waals surface area contributed by atoms with Crippen molar-refractivity contribution in [1.29, 1.82) is 0 Å². The van der Waals surface area contributed by atoms with Crippen LogP contribution in [0.1, 0.15) is 23.9 Å². The summed E-state index contributed by atoms with van der Waals surface area (Å²) in [5, 5.41) is 5.38. The normalized spacial score (nSPS) is 12.5. The number of thioether (sulfide) groups is 1. The third kappa shape index (κ3) is 3.11. The molecule has 108 valence electrons. The lowest BCUT2D eigenvalue weighted by atomic mass is 10.3. The molecule has 0 aliphatic carbocycles. The zero-order chi connectivity index (χ0) is 14.8. The first-order valence-electron chi connectivity index (χ1n) is 6.39. The molecule has 0 spiro atoms. The van der Waals surface area contributed by atoms with E-state index in [2.05, 4.69) is 15.1 Å². The van der Waals surface area contributed by atoms with E-state index in [1.165, 1.54) is 0 Å². The molecule has 5 nitrogen and oxygen atoms in total. The first-order valence-corrected chi connectivity index (χ1v) is 7.65. The second-order valence-corrected chi connectivity index (χ2v) is 6.24. The summed E-state index contributed by atoms with van der Waals surface area (Å²) in [6, 6.07) is 7.64. The van der Waals surface area contributed by atoms with Crippen LogP contribution in [0.4, 0.5) is 0 Å². The molecule has 0 bridgehead atoms. The van der Waals surface area contributed by atoms with Crippen LogP contribution in [0.5, 0.6) is 0 Å². The number of halogens is 1. The molecule has 0 fully saturated rings. The second kappa shape index (κ2) is 5.91. The van der Waals surface area contributed by atoms with Gasteiger partial charge < -0.3 is 4.52 Å². The van der Waals surface area contributed by atoms with Gasteiger partial charge in [-0.15, -0.1) is 0 Å². The lowest BCUT2D eigenvalue weighted by Gasteiger charge is -2.10. The lowest BCUT2D eigenvalue weighted by molar-refractivity contribution is 0.376. The molecule has 0 saturated heterocycles. The number of benzene rings is 1. The van der Waals surface area contributed by atoms with Gasteiger partial charge in [0.1, 0.15) is 0 Å². The maximum absolute atomic E-state index is 6.04. The predicted octanol–water partition coefficient (Wildman–Crippen LogP) is 4.07. The van der Waals surface area contributed by atoms with Crippen LogP contribution in [-0.4, -0.2) is 19.7 Å². The summed E-state index contributed by atoms with van der Waals surface area (Å²) in [7, 11) is 0. The van der Waals surface area contributed by atoms with Crippen LogP contribution in [0.3, 0.4) is 0 Å². The summed E-state index contributed by atoms with van der Waals surface area (Å²) < 4.78 is 7.18. The molecule has 3 aromatic rings. The highest BCUT2D eigenvalue weighted by Gasteiger charge is 2.17. The van der Waals surface area contributed by atoms with Crippen LogP contribution in [0.2, 0.25) is 5.02 Å². The van der Waals surface area contributed by atoms with Gasteiger partial charge in [-0.2, -0.15) is 4.98 Å². The molecule has 21 heavy (non-hydrogen) atoms. The second-order valence-electron chi connectivity index (χ2n) is 4.50. The van der Waals surface area contributed by atoms with E-state index in [0.717, 1.165) is 10.8 Å². The molecule has 1 unspecified atom stereocenters. The predicted molar refractivity (Wildman–Crippen MR) is 81.9 cm³/mol. The largest absolute Gasteiger partial charge is 0.338 e. The molecule has 0 saturated carbocycles. The fraction of sp³-hybridized carbons (Fsp3) is 0.214. The van der Waals surface area contributed by atoms with Crippen LogP contribution in [0, 0.1) is 6.92 Å². The minimum Gasteiger partial charge on any atom is -0.338 e. The summed E-state index contributed by atoms with van der Waals surface area (Å²) in [6.07, 6.45) is 3.66. The van der Waals surface area contributed by atoms with Crippen molar-refractivity contribution in [2.24, 2.45) is 0 Å². The monoisotopic (exact) mass is 320 g/mol. The molecule has 0 radical (unpaired) electrons. The SMILES string of the molecule is Cc1noc(C(C)Sc2nccn2-c2cccc(Cl)c2)n1. The van der Waals surface area contributed by atoms with E-state index < -0.39 is 0 Å². The molecule has 2 heterocycles. The summed E-state index contributed by atoms with van der Waals surface area (Å²) >= 11 is 7.60. The van der Waals surface area contributed by atoms with Crippen molar-refractivity contribution in [2.75, 3.05) is 0 Å². The number of imidazole rings is 1. The van der Waals surface area contributed by atoms with Crippen LogP contribution in [0.15, 0.2) is 46.3 Å². The molecular formula is C14H13ClN4OS. The highest BCUT2D eigenvalue weighted by Crippen LogP contribution is 2.34. The first kappa shape index (κ1) is 14.2. The summed E-state index contributed by atoms with van der Waals surface area (Å²) in [5.41, 5.74) is 0.969. The fourth-order valence-electron chi connectivity index (χ4n) is 1.89. The van der Waals surface area contributed by atoms with Gasteiger partial charge in [0.15, 0.2) is 11.0 Å². The van der Waals surface area contributed by atoms with E-state index in [1.54, 1.807) is 24.9 Å². The maximum atomic E-state index is 6.04. The van der Waals surface area contributed by atoms with Gasteiger partial charge in [0.05, 0.1) is 5.25 Å². The third-order valence-corrected chi connectivity index (χ3v) is 4.17. The standard InChI is InChI=1S/C14H13ClN4OS/c1-9(13-17-10(2)18-20-13)21-14-16-6-7-19(14)12-5-3-4-11(15)8-12/h3-9H,1-2H3. The van der Waals surface area contributed by atoms with Gasteiger partial charge in [-0.25, -0.2) is 4.98 Å². The number of hydrogen-bond donors (Lipinski definition) is 0. The Morgan fingerprint density at radius 2 is 2.24 bits per heavy atom. The Kier molecular flexibility index (Phi) is 3.98. The van der Waals surface area contributed by atoms with Crippen molar-refractivity contribution in [3.63, 3.8) is 0 Å². The van der Waals surface area contributed by atoms with E-state index in [4.69, 9.17) is 16.1 Å². The molecular weight excluding hydrogens is 308 g/mol. The van der Waals surface area contributed by atoms with Crippen LogP contribution >= 0.6 is 23.4 Å². The first-order chi connectivity index (χ1) is 10.1. The lowest BCUT2D eigenvalue weighted by Crippen LogP contribution is -1.97. The maximum Gasteiger partial charge on any atom is 0.239 e. The number of aryl methyl sites for hydroxylation is 1. The Hall–Kier alpha value is -1.79. The van der Waals surface area contributed by atoms with Gasteiger partial charge in [0, 0.05) is 23.1 Å². The highest BCUT2D eigenvalue weighted by atomic mass is 35.5. The zero-order valence-electron chi connectivity index (χ0n) is 11.5. The van der Waals surface area contributed by atoms with Crippen molar-refractivity contribution in [3.05, 3.63) is 53.4 Å². The fourth-order valence-corrected chi connectivity index (χ4v) is 2.99. The molecule has 0 aliphatic heterocycles. The van der Waals surface area contributed by atoms with E-state index in [9.17, 15) is 0 Å². The van der Waals surface area contributed by atoms with Crippen molar-refractivity contribution >= 4 is 23.4 Å². The summed E-state index contributed by atoms with van der Waals surface area (Å²) in [4.78, 5) is 8.64. The van der Waals surface area contributed by atoms with E-state index in [0.29, 0.717) is 16.7 Å².